The highest BCUT2D eigenvalue weighted by Crippen LogP contribution is 2.38. The van der Waals surface area contributed by atoms with Gasteiger partial charge in [0, 0.05) is 12.6 Å². The fourth-order valence-corrected chi connectivity index (χ4v) is 1.76. The Kier molecular flexibility index (Phi) is 2.04. The van der Waals surface area contributed by atoms with Gasteiger partial charge in [-0.2, -0.15) is 0 Å². The number of hydrogen-bond acceptors (Lipinski definition) is 2. The summed E-state index contributed by atoms with van der Waals surface area (Å²) in [6.07, 6.45) is 5.42. The van der Waals surface area contributed by atoms with Crippen LogP contribution in [0.25, 0.3) is 6.08 Å². The monoisotopic (exact) mass is 209 g/mol. The first-order chi connectivity index (χ1) is 6.64. The van der Waals surface area contributed by atoms with Gasteiger partial charge in [0.15, 0.2) is 4.87 Å². The largest absolute Gasteiger partial charge is 0.480 e. The van der Waals surface area contributed by atoms with E-state index in [1.54, 1.807) is 24.4 Å². The first-order valence-corrected chi connectivity index (χ1v) is 4.57. The Morgan fingerprint density at radius 3 is 3.14 bits per heavy atom. The fourth-order valence-electron chi connectivity index (χ4n) is 1.52. The van der Waals surface area contributed by atoms with Crippen molar-refractivity contribution in [3.63, 3.8) is 0 Å². The van der Waals surface area contributed by atoms with Crippen molar-refractivity contribution < 1.29 is 9.90 Å². The lowest BCUT2D eigenvalue weighted by Crippen LogP contribution is -2.32. The number of carbonyl (C=O) groups is 1. The number of halogens is 1. The molecule has 0 spiro atoms. The molecule has 0 aliphatic heterocycles. The Balaban J connectivity index is 2.61. The van der Waals surface area contributed by atoms with Gasteiger partial charge in [-0.15, -0.1) is 0 Å². The second-order valence-corrected chi connectivity index (χ2v) is 3.80. The highest BCUT2D eigenvalue weighted by atomic mass is 35.5. The number of rotatable bonds is 1. The van der Waals surface area contributed by atoms with Crippen molar-refractivity contribution in [3.05, 3.63) is 35.7 Å². The number of hydrogen-bond donors (Lipinski definition) is 1. The quantitative estimate of drug-likeness (QED) is 0.720. The molecule has 1 unspecified atom stereocenters. The molecule has 1 aromatic rings. The molecule has 0 fully saturated rings. The normalized spacial score (nSPS) is 24.4. The fraction of sp³-hybridized carbons (Fsp3) is 0.200. The Morgan fingerprint density at radius 1 is 1.64 bits per heavy atom. The Labute approximate surface area is 86.0 Å². The molecule has 3 nitrogen and oxygen atoms in total. The van der Waals surface area contributed by atoms with Gasteiger partial charge in [0.2, 0.25) is 0 Å². The average Bonchev–Trinajstić information content (AvgIpc) is 2.18. The Hall–Kier alpha value is -1.35. The molecule has 4 heteroatoms. The van der Waals surface area contributed by atoms with Crippen LogP contribution in [0.15, 0.2) is 24.4 Å². The lowest BCUT2D eigenvalue weighted by Gasteiger charge is -2.24. The molecule has 72 valence electrons. The van der Waals surface area contributed by atoms with Gasteiger partial charge in [0.05, 0.1) is 5.69 Å². The minimum Gasteiger partial charge on any atom is -0.480 e. The molecule has 14 heavy (non-hydrogen) atoms. The Bertz CT molecular complexity index is 416. The first kappa shape index (κ1) is 9.21. The molecule has 1 aliphatic carbocycles. The van der Waals surface area contributed by atoms with Crippen LogP contribution in [0.2, 0.25) is 0 Å². The summed E-state index contributed by atoms with van der Waals surface area (Å²) in [5, 5.41) is 9.04. The molecule has 0 amide bonds. The first-order valence-electron chi connectivity index (χ1n) is 4.19. The lowest BCUT2D eigenvalue weighted by molar-refractivity contribution is -0.140. The smallest absolute Gasteiger partial charge is 0.331 e. The average molecular weight is 210 g/mol. The van der Waals surface area contributed by atoms with Crippen LogP contribution in [0, 0.1) is 0 Å². The van der Waals surface area contributed by atoms with Crippen LogP contribution < -0.4 is 0 Å². The molecule has 0 saturated carbocycles. The highest BCUT2D eigenvalue weighted by Gasteiger charge is 2.41. The zero-order valence-electron chi connectivity index (χ0n) is 7.27. The number of carboxylic acids is 1. The zero-order valence-corrected chi connectivity index (χ0v) is 8.03. The van der Waals surface area contributed by atoms with Crippen LogP contribution in [-0.2, 0) is 9.67 Å². The van der Waals surface area contributed by atoms with Gasteiger partial charge < -0.3 is 5.11 Å². The molecule has 1 N–H and O–H groups in total. The van der Waals surface area contributed by atoms with E-state index in [0.717, 1.165) is 5.56 Å². The lowest BCUT2D eigenvalue weighted by atomic mass is 9.91. The molecular formula is C10H8ClNO2. The molecule has 1 aromatic heterocycles. The zero-order chi connectivity index (χ0) is 10.2. The minimum absolute atomic E-state index is 0.272. The number of allylic oxidation sites excluding steroid dienone is 1. The van der Waals surface area contributed by atoms with Crippen LogP contribution in [0.3, 0.4) is 0 Å². The van der Waals surface area contributed by atoms with Gasteiger partial charge in [0.1, 0.15) is 0 Å². The van der Waals surface area contributed by atoms with Gasteiger partial charge in [0.25, 0.3) is 0 Å². The summed E-state index contributed by atoms with van der Waals surface area (Å²) in [6, 6.07) is 3.56. The van der Waals surface area contributed by atoms with Crippen LogP contribution in [-0.4, -0.2) is 16.1 Å². The number of aromatic nitrogens is 1. The summed E-state index contributed by atoms with van der Waals surface area (Å²) in [5.41, 5.74) is 1.20. The molecule has 0 saturated heterocycles. The maximum atomic E-state index is 11.0. The molecule has 0 bridgehead atoms. The van der Waals surface area contributed by atoms with E-state index in [1.807, 2.05) is 6.08 Å². The van der Waals surface area contributed by atoms with Crippen molar-refractivity contribution >= 4 is 23.6 Å². The van der Waals surface area contributed by atoms with E-state index in [9.17, 15) is 4.79 Å². The van der Waals surface area contributed by atoms with Gasteiger partial charge >= 0.3 is 5.97 Å². The number of alkyl halides is 1. The Morgan fingerprint density at radius 2 is 2.43 bits per heavy atom. The predicted octanol–water partition coefficient (Wildman–Crippen LogP) is 2.02. The topological polar surface area (TPSA) is 50.2 Å². The van der Waals surface area contributed by atoms with Crippen molar-refractivity contribution in [2.45, 2.75) is 11.3 Å². The van der Waals surface area contributed by atoms with Crippen LogP contribution in [0.5, 0.6) is 0 Å². The van der Waals surface area contributed by atoms with E-state index in [-0.39, 0.29) is 6.42 Å². The third kappa shape index (κ3) is 1.21. The van der Waals surface area contributed by atoms with Crippen LogP contribution in [0.4, 0.5) is 0 Å². The van der Waals surface area contributed by atoms with Crippen LogP contribution in [0.1, 0.15) is 17.7 Å². The van der Waals surface area contributed by atoms with Gasteiger partial charge in [-0.25, -0.2) is 4.79 Å². The van der Waals surface area contributed by atoms with E-state index >= 15 is 0 Å². The van der Waals surface area contributed by atoms with Crippen molar-refractivity contribution in [3.8, 4) is 0 Å². The van der Waals surface area contributed by atoms with Crippen molar-refractivity contribution in [1.29, 1.82) is 0 Å². The molecule has 2 rings (SSSR count). The van der Waals surface area contributed by atoms with Crippen molar-refractivity contribution in [2.75, 3.05) is 0 Å². The number of aliphatic carboxylic acids is 1. The van der Waals surface area contributed by atoms with E-state index in [0.29, 0.717) is 5.69 Å². The minimum atomic E-state index is -1.40. The van der Waals surface area contributed by atoms with E-state index < -0.39 is 10.8 Å². The van der Waals surface area contributed by atoms with Crippen molar-refractivity contribution in [2.24, 2.45) is 0 Å². The predicted molar refractivity (Wildman–Crippen MR) is 53.1 cm³/mol. The van der Waals surface area contributed by atoms with E-state index in [2.05, 4.69) is 4.98 Å². The van der Waals surface area contributed by atoms with Crippen LogP contribution >= 0.6 is 11.6 Å². The SMILES string of the molecule is O=C(O)C1(Cl)CC=Cc2cccnc21. The standard InChI is InChI=1S/C10H8ClNO2/c11-10(9(13)14)5-1-3-7-4-2-6-12-8(7)10/h1-4,6H,5H2,(H,13,14). The molecule has 0 radical (unpaired) electrons. The summed E-state index contributed by atoms with van der Waals surface area (Å²) < 4.78 is 0. The summed E-state index contributed by atoms with van der Waals surface area (Å²) in [5.74, 6) is -1.05. The second-order valence-electron chi connectivity index (χ2n) is 3.15. The van der Waals surface area contributed by atoms with Gasteiger partial charge in [-0.1, -0.05) is 29.8 Å². The molecular weight excluding hydrogens is 202 g/mol. The maximum Gasteiger partial charge on any atom is 0.331 e. The van der Waals surface area contributed by atoms with Gasteiger partial charge in [-0.3, -0.25) is 4.98 Å². The van der Waals surface area contributed by atoms with E-state index in [1.165, 1.54) is 0 Å². The summed E-state index contributed by atoms with van der Waals surface area (Å²) in [4.78, 5) is 13.7. The molecule has 1 heterocycles. The summed E-state index contributed by atoms with van der Waals surface area (Å²) >= 11 is 6.03. The summed E-state index contributed by atoms with van der Waals surface area (Å²) in [7, 11) is 0. The third-order valence-corrected chi connectivity index (χ3v) is 2.74. The number of pyridine rings is 1. The summed E-state index contributed by atoms with van der Waals surface area (Å²) in [6.45, 7) is 0. The molecule has 1 aliphatic rings. The third-order valence-electron chi connectivity index (χ3n) is 2.25. The molecule has 1 atom stereocenters. The van der Waals surface area contributed by atoms with E-state index in [4.69, 9.17) is 16.7 Å². The number of carboxylic acid groups (broad SMARTS) is 1. The number of fused-ring (bicyclic) bond motifs is 1. The van der Waals surface area contributed by atoms with Crippen molar-refractivity contribution in [1.82, 2.24) is 4.98 Å². The second kappa shape index (κ2) is 3.10. The van der Waals surface area contributed by atoms with Gasteiger partial charge in [-0.05, 0) is 11.6 Å². The maximum absolute atomic E-state index is 11.0. The highest BCUT2D eigenvalue weighted by molar-refractivity contribution is 6.34. The number of nitrogens with zero attached hydrogens (tertiary/aromatic N) is 1. The molecule has 0 aromatic carbocycles.